The third kappa shape index (κ3) is 2.09. The van der Waals surface area contributed by atoms with Crippen LogP contribution in [0.25, 0.3) is 11.0 Å². The molecule has 2 heterocycles. The number of carboxylic acids is 1. The van der Waals surface area contributed by atoms with E-state index in [0.717, 1.165) is 47.4 Å². The molecule has 1 aliphatic rings. The smallest absolute Gasteiger partial charge is 0.307 e. The van der Waals surface area contributed by atoms with Crippen LogP contribution in [0.3, 0.4) is 0 Å². The van der Waals surface area contributed by atoms with Crippen molar-refractivity contribution in [3.8, 4) is 0 Å². The first-order valence-electron chi connectivity index (χ1n) is 6.69. The topological polar surface area (TPSA) is 68.0 Å². The molecule has 0 unspecified atom stereocenters. The van der Waals surface area contributed by atoms with Crippen molar-refractivity contribution in [2.24, 2.45) is 0 Å². The van der Waals surface area contributed by atoms with Crippen LogP contribution < -0.4 is 0 Å². The number of hydrogen-bond donors (Lipinski definition) is 1. The van der Waals surface area contributed by atoms with Gasteiger partial charge in [0.05, 0.1) is 12.1 Å². The van der Waals surface area contributed by atoms with Gasteiger partial charge >= 0.3 is 5.97 Å². The summed E-state index contributed by atoms with van der Waals surface area (Å²) in [6.45, 7) is 3.97. The largest absolute Gasteiger partial charge is 0.481 e. The summed E-state index contributed by atoms with van der Waals surface area (Å²) in [5.41, 5.74) is 2.62. The number of aryl methyl sites for hydroxylation is 2. The molecule has 1 fully saturated rings. The maximum atomic E-state index is 11.0. The van der Waals surface area contributed by atoms with Crippen molar-refractivity contribution in [3.05, 3.63) is 23.3 Å². The van der Waals surface area contributed by atoms with Gasteiger partial charge in [-0.1, -0.05) is 6.92 Å². The van der Waals surface area contributed by atoms with Crippen molar-refractivity contribution in [2.75, 3.05) is 0 Å². The average molecular weight is 259 g/mol. The molecule has 5 nitrogen and oxygen atoms in total. The van der Waals surface area contributed by atoms with E-state index in [1.54, 1.807) is 0 Å². The van der Waals surface area contributed by atoms with Crippen molar-refractivity contribution in [2.45, 2.75) is 45.6 Å². The number of carbonyl (C=O) groups is 1. The minimum atomic E-state index is -0.811. The highest BCUT2D eigenvalue weighted by atomic mass is 16.4. The van der Waals surface area contributed by atoms with Crippen LogP contribution in [0.2, 0.25) is 0 Å². The molecule has 0 saturated heterocycles. The summed E-state index contributed by atoms with van der Waals surface area (Å²) in [7, 11) is 0. The number of rotatable bonds is 4. The highest BCUT2D eigenvalue weighted by Crippen LogP contribution is 2.39. The van der Waals surface area contributed by atoms with Gasteiger partial charge in [0, 0.05) is 24.0 Å². The van der Waals surface area contributed by atoms with E-state index in [2.05, 4.69) is 14.5 Å². The van der Waals surface area contributed by atoms with E-state index in [1.165, 1.54) is 0 Å². The molecule has 0 aliphatic heterocycles. The summed E-state index contributed by atoms with van der Waals surface area (Å²) in [4.78, 5) is 20.1. The third-order valence-electron chi connectivity index (χ3n) is 3.58. The minimum absolute atomic E-state index is 0.0336. The highest BCUT2D eigenvalue weighted by molar-refractivity contribution is 5.87. The van der Waals surface area contributed by atoms with Crippen molar-refractivity contribution in [1.29, 1.82) is 0 Å². The Morgan fingerprint density at radius 1 is 1.47 bits per heavy atom. The predicted molar refractivity (Wildman–Crippen MR) is 71.3 cm³/mol. The molecule has 0 radical (unpaired) electrons. The molecule has 0 bridgehead atoms. The van der Waals surface area contributed by atoms with E-state index < -0.39 is 5.97 Å². The maximum absolute atomic E-state index is 11.0. The number of fused-ring (bicyclic) bond motifs is 1. The highest BCUT2D eigenvalue weighted by Gasteiger charge is 2.27. The van der Waals surface area contributed by atoms with E-state index in [0.29, 0.717) is 6.04 Å². The number of aliphatic carboxylic acids is 1. The fourth-order valence-electron chi connectivity index (χ4n) is 2.56. The molecule has 1 N–H and O–H groups in total. The lowest BCUT2D eigenvalue weighted by atomic mass is 10.1. The number of hydrogen-bond acceptors (Lipinski definition) is 3. The molecular weight excluding hydrogens is 242 g/mol. The molecular formula is C14H17N3O2. The molecule has 2 aromatic rings. The minimum Gasteiger partial charge on any atom is -0.481 e. The molecule has 5 heteroatoms. The molecule has 0 atom stereocenters. The molecule has 1 saturated carbocycles. The second-order valence-electron chi connectivity index (χ2n) is 5.14. The van der Waals surface area contributed by atoms with Crippen LogP contribution in [0.4, 0.5) is 0 Å². The molecule has 0 amide bonds. The first-order chi connectivity index (χ1) is 9.10. The van der Waals surface area contributed by atoms with E-state index in [-0.39, 0.29) is 6.42 Å². The maximum Gasteiger partial charge on any atom is 0.307 e. The molecule has 3 rings (SSSR count). The van der Waals surface area contributed by atoms with Gasteiger partial charge in [0.2, 0.25) is 0 Å². The van der Waals surface area contributed by atoms with Crippen LogP contribution in [0.5, 0.6) is 0 Å². The Hall–Kier alpha value is -1.91. The average Bonchev–Trinajstić information content (AvgIpc) is 3.12. The van der Waals surface area contributed by atoms with Crippen molar-refractivity contribution < 1.29 is 9.90 Å². The van der Waals surface area contributed by atoms with Gasteiger partial charge in [0.25, 0.3) is 0 Å². The Kier molecular flexibility index (Phi) is 2.77. The van der Waals surface area contributed by atoms with E-state index in [1.807, 2.05) is 20.0 Å². The van der Waals surface area contributed by atoms with E-state index in [9.17, 15) is 4.79 Å². The molecule has 2 aromatic heterocycles. The number of carboxylic acid groups (broad SMARTS) is 1. The lowest BCUT2D eigenvalue weighted by molar-refractivity contribution is -0.136. The van der Waals surface area contributed by atoms with Gasteiger partial charge in [0.15, 0.2) is 0 Å². The second-order valence-corrected chi connectivity index (χ2v) is 5.14. The SMILES string of the molecule is CCc1nc(C)c2c(CC(=O)O)cn(C3CC3)c2n1. The van der Waals surface area contributed by atoms with Gasteiger partial charge in [-0.3, -0.25) is 4.79 Å². The lowest BCUT2D eigenvalue weighted by Crippen LogP contribution is -2.01. The molecule has 100 valence electrons. The zero-order chi connectivity index (χ0) is 13.6. The van der Waals surface area contributed by atoms with Crippen LogP contribution in [-0.2, 0) is 17.6 Å². The van der Waals surface area contributed by atoms with Gasteiger partial charge < -0.3 is 9.67 Å². The number of aromatic nitrogens is 3. The quantitative estimate of drug-likeness (QED) is 0.914. The molecule has 19 heavy (non-hydrogen) atoms. The Morgan fingerprint density at radius 3 is 2.79 bits per heavy atom. The standard InChI is InChI=1S/C14H17N3O2/c1-3-11-15-8(2)13-9(6-12(18)19)7-17(10-4-5-10)14(13)16-11/h7,10H,3-6H2,1-2H3,(H,18,19). The van der Waals surface area contributed by atoms with Crippen LogP contribution >= 0.6 is 0 Å². The second kappa shape index (κ2) is 4.33. The van der Waals surface area contributed by atoms with Crippen molar-refractivity contribution in [1.82, 2.24) is 14.5 Å². The van der Waals surface area contributed by atoms with Gasteiger partial charge in [-0.05, 0) is 25.3 Å². The number of nitrogens with zero attached hydrogens (tertiary/aromatic N) is 3. The van der Waals surface area contributed by atoms with E-state index in [4.69, 9.17) is 5.11 Å². The summed E-state index contributed by atoms with van der Waals surface area (Å²) in [5.74, 6) is 0.0145. The van der Waals surface area contributed by atoms with E-state index >= 15 is 0 Å². The zero-order valence-electron chi connectivity index (χ0n) is 11.2. The fourth-order valence-corrected chi connectivity index (χ4v) is 2.56. The third-order valence-corrected chi connectivity index (χ3v) is 3.58. The molecule has 0 aromatic carbocycles. The van der Waals surface area contributed by atoms with Crippen molar-refractivity contribution >= 4 is 17.0 Å². The Bertz CT molecular complexity index is 656. The van der Waals surface area contributed by atoms with Gasteiger partial charge in [-0.15, -0.1) is 0 Å². The molecule has 0 spiro atoms. The Labute approximate surface area is 111 Å². The van der Waals surface area contributed by atoms with Gasteiger partial charge in [-0.25, -0.2) is 9.97 Å². The van der Waals surface area contributed by atoms with Gasteiger partial charge in [0.1, 0.15) is 11.5 Å². The lowest BCUT2D eigenvalue weighted by Gasteiger charge is -2.04. The van der Waals surface area contributed by atoms with Crippen LogP contribution in [0, 0.1) is 6.92 Å². The predicted octanol–water partition coefficient (Wildman–Crippen LogP) is 2.26. The van der Waals surface area contributed by atoms with Crippen LogP contribution in [0.1, 0.15) is 42.9 Å². The first-order valence-corrected chi connectivity index (χ1v) is 6.69. The van der Waals surface area contributed by atoms with Crippen LogP contribution in [0.15, 0.2) is 6.20 Å². The van der Waals surface area contributed by atoms with Crippen LogP contribution in [-0.4, -0.2) is 25.6 Å². The fraction of sp³-hybridized carbons (Fsp3) is 0.500. The summed E-state index contributed by atoms with van der Waals surface area (Å²) in [5, 5.41) is 9.95. The normalized spacial score (nSPS) is 15.1. The first kappa shape index (κ1) is 12.1. The summed E-state index contributed by atoms with van der Waals surface area (Å²) >= 11 is 0. The zero-order valence-corrected chi connectivity index (χ0v) is 11.2. The summed E-state index contributed by atoms with van der Waals surface area (Å²) in [6, 6.07) is 0.490. The monoisotopic (exact) mass is 259 g/mol. The summed E-state index contributed by atoms with van der Waals surface area (Å²) in [6.07, 6.45) is 5.09. The Morgan fingerprint density at radius 2 is 2.21 bits per heavy atom. The van der Waals surface area contributed by atoms with Crippen molar-refractivity contribution in [3.63, 3.8) is 0 Å². The molecule has 1 aliphatic carbocycles. The Balaban J connectivity index is 2.24. The van der Waals surface area contributed by atoms with Gasteiger partial charge in [-0.2, -0.15) is 0 Å². The summed E-state index contributed by atoms with van der Waals surface area (Å²) < 4.78 is 2.14.